The predicted octanol–water partition coefficient (Wildman–Crippen LogP) is -1.03. The van der Waals surface area contributed by atoms with Crippen LogP contribution < -0.4 is 21.5 Å². The lowest BCUT2D eigenvalue weighted by atomic mass is 10.2. The first-order valence-electron chi connectivity index (χ1n) is 8.28. The number of nitrogen functional groups attached to an aromatic ring is 1. The molecule has 4 heterocycles. The van der Waals surface area contributed by atoms with Crippen molar-refractivity contribution in [2.75, 3.05) is 43.4 Å². The van der Waals surface area contributed by atoms with Crippen molar-refractivity contribution in [1.82, 2.24) is 30.0 Å². The highest BCUT2D eigenvalue weighted by Crippen LogP contribution is 2.15. The molecule has 0 amide bonds. The van der Waals surface area contributed by atoms with E-state index in [0.717, 1.165) is 58.1 Å². The fourth-order valence-electron chi connectivity index (χ4n) is 3.32. The van der Waals surface area contributed by atoms with Crippen LogP contribution in [0, 0.1) is 0 Å². The zero-order valence-corrected chi connectivity index (χ0v) is 13.5. The van der Waals surface area contributed by atoms with Gasteiger partial charge in [-0.2, -0.15) is 10.1 Å². The van der Waals surface area contributed by atoms with E-state index in [4.69, 9.17) is 10.8 Å². The molecule has 24 heavy (non-hydrogen) atoms. The van der Waals surface area contributed by atoms with Gasteiger partial charge in [-0.3, -0.25) is 19.4 Å². The summed E-state index contributed by atoms with van der Waals surface area (Å²) in [5, 5.41) is 8.06. The number of anilines is 2. The van der Waals surface area contributed by atoms with Crippen molar-refractivity contribution in [3.63, 3.8) is 0 Å². The molecule has 9 heteroatoms. The summed E-state index contributed by atoms with van der Waals surface area (Å²) in [6.45, 7) is 7.16. The summed E-state index contributed by atoms with van der Waals surface area (Å²) >= 11 is 0. The lowest BCUT2D eigenvalue weighted by Crippen LogP contribution is -2.46. The van der Waals surface area contributed by atoms with Gasteiger partial charge in [0.2, 0.25) is 5.95 Å². The van der Waals surface area contributed by atoms with Crippen molar-refractivity contribution in [3.05, 3.63) is 33.9 Å². The molecule has 2 aliphatic heterocycles. The van der Waals surface area contributed by atoms with Crippen LogP contribution >= 0.6 is 0 Å². The number of aromatic amines is 1. The first-order valence-corrected chi connectivity index (χ1v) is 8.28. The van der Waals surface area contributed by atoms with Crippen LogP contribution in [-0.2, 0) is 19.6 Å². The molecule has 0 spiro atoms. The third kappa shape index (κ3) is 3.13. The third-order valence-corrected chi connectivity index (χ3v) is 4.55. The molecular weight excluding hydrogens is 308 g/mol. The zero-order chi connectivity index (χ0) is 16.5. The molecule has 0 radical (unpaired) electrons. The Labute approximate surface area is 139 Å². The van der Waals surface area contributed by atoms with Crippen molar-refractivity contribution < 1.29 is 0 Å². The number of rotatable bonds is 3. The van der Waals surface area contributed by atoms with Gasteiger partial charge in [-0.25, -0.2) is 0 Å². The van der Waals surface area contributed by atoms with Crippen LogP contribution in [0.5, 0.6) is 0 Å². The maximum atomic E-state index is 11.5. The van der Waals surface area contributed by atoms with Crippen LogP contribution in [0.2, 0.25) is 0 Å². The maximum Gasteiger partial charge on any atom is 0.254 e. The molecule has 2 aromatic heterocycles. The van der Waals surface area contributed by atoms with Crippen molar-refractivity contribution in [2.45, 2.75) is 19.6 Å². The summed E-state index contributed by atoms with van der Waals surface area (Å²) in [6, 6.07) is 3.69. The number of nitrogens with one attached hydrogen (secondary N) is 2. The number of nitrogens with two attached hydrogens (primary N) is 1. The van der Waals surface area contributed by atoms with Gasteiger partial charge >= 0.3 is 0 Å². The smallest absolute Gasteiger partial charge is 0.254 e. The number of H-pyrrole nitrogens is 1. The molecule has 1 saturated heterocycles. The van der Waals surface area contributed by atoms with E-state index in [0.29, 0.717) is 5.82 Å². The lowest BCUT2D eigenvalue weighted by molar-refractivity contribution is 0.245. The highest BCUT2D eigenvalue weighted by molar-refractivity contribution is 5.41. The molecule has 2 aliphatic rings. The van der Waals surface area contributed by atoms with Crippen molar-refractivity contribution in [1.29, 1.82) is 0 Å². The molecular formula is C15H22N8O. The molecule has 0 bridgehead atoms. The van der Waals surface area contributed by atoms with Crippen molar-refractivity contribution >= 4 is 11.8 Å². The SMILES string of the molecule is Nc1nc(N2CCN(Cc3cc4n(n3)CCNC4)CC2)cc(=O)[nH]1. The molecule has 0 atom stereocenters. The molecule has 128 valence electrons. The summed E-state index contributed by atoms with van der Waals surface area (Å²) in [7, 11) is 0. The number of aromatic nitrogens is 4. The average molecular weight is 330 g/mol. The summed E-state index contributed by atoms with van der Waals surface area (Å²) in [5.41, 5.74) is 7.80. The van der Waals surface area contributed by atoms with Crippen molar-refractivity contribution in [3.8, 4) is 0 Å². The largest absolute Gasteiger partial charge is 0.369 e. The number of nitrogens with zero attached hydrogens (tertiary/aromatic N) is 5. The second-order valence-electron chi connectivity index (χ2n) is 6.28. The minimum atomic E-state index is -0.211. The standard InChI is InChI=1S/C15H22N8O/c16-15-18-13(8-14(24)19-15)22-5-3-21(4-6-22)10-11-7-12-9-17-1-2-23(12)20-11/h7-8,17H,1-6,9-10H2,(H3,16,18,19,24). The van der Waals surface area contributed by atoms with Gasteiger partial charge < -0.3 is 16.0 Å². The number of fused-ring (bicyclic) bond motifs is 1. The molecule has 0 aliphatic carbocycles. The van der Waals surface area contributed by atoms with Gasteiger partial charge in [-0.1, -0.05) is 0 Å². The summed E-state index contributed by atoms with van der Waals surface area (Å²) in [5.74, 6) is 0.816. The van der Waals surface area contributed by atoms with Crippen LogP contribution in [-0.4, -0.2) is 57.4 Å². The van der Waals surface area contributed by atoms with E-state index in [1.54, 1.807) is 0 Å². The predicted molar refractivity (Wildman–Crippen MR) is 90.7 cm³/mol. The minimum absolute atomic E-state index is 0.164. The first-order chi connectivity index (χ1) is 11.7. The zero-order valence-electron chi connectivity index (χ0n) is 13.5. The van der Waals surface area contributed by atoms with Gasteiger partial charge in [0.15, 0.2) is 0 Å². The molecule has 9 nitrogen and oxygen atoms in total. The quantitative estimate of drug-likeness (QED) is 0.661. The van der Waals surface area contributed by atoms with Crippen LogP contribution in [0.1, 0.15) is 11.4 Å². The Bertz CT molecular complexity index is 751. The van der Waals surface area contributed by atoms with E-state index < -0.39 is 0 Å². The molecule has 0 unspecified atom stereocenters. The highest BCUT2D eigenvalue weighted by Gasteiger charge is 2.20. The molecule has 4 N–H and O–H groups in total. The molecule has 0 aromatic carbocycles. The van der Waals surface area contributed by atoms with Gasteiger partial charge in [0.1, 0.15) is 5.82 Å². The van der Waals surface area contributed by atoms with Crippen LogP contribution in [0.3, 0.4) is 0 Å². The number of piperazine rings is 1. The Balaban J connectivity index is 1.37. The fraction of sp³-hybridized carbons (Fsp3) is 0.533. The first kappa shape index (κ1) is 15.2. The van der Waals surface area contributed by atoms with Crippen LogP contribution in [0.15, 0.2) is 16.9 Å². The van der Waals surface area contributed by atoms with Crippen LogP contribution in [0.4, 0.5) is 11.8 Å². The molecule has 4 rings (SSSR count). The van der Waals surface area contributed by atoms with Gasteiger partial charge in [-0.15, -0.1) is 0 Å². The lowest BCUT2D eigenvalue weighted by Gasteiger charge is -2.34. The Morgan fingerprint density at radius 2 is 2.00 bits per heavy atom. The van der Waals surface area contributed by atoms with Gasteiger partial charge in [0.05, 0.1) is 17.9 Å². The van der Waals surface area contributed by atoms with E-state index >= 15 is 0 Å². The Hall–Kier alpha value is -2.39. The second-order valence-corrected chi connectivity index (χ2v) is 6.28. The fourth-order valence-corrected chi connectivity index (χ4v) is 3.32. The monoisotopic (exact) mass is 330 g/mol. The third-order valence-electron chi connectivity index (χ3n) is 4.55. The normalized spacial score (nSPS) is 18.6. The maximum absolute atomic E-state index is 11.5. The molecule has 1 fully saturated rings. The van der Waals surface area contributed by atoms with E-state index in [9.17, 15) is 4.79 Å². The van der Waals surface area contributed by atoms with Crippen molar-refractivity contribution in [2.24, 2.45) is 0 Å². The van der Waals surface area contributed by atoms with E-state index in [2.05, 4.69) is 35.8 Å². The summed E-state index contributed by atoms with van der Waals surface area (Å²) in [4.78, 5) is 22.7. The second kappa shape index (κ2) is 6.25. The number of hydrogen-bond donors (Lipinski definition) is 3. The van der Waals surface area contributed by atoms with E-state index in [-0.39, 0.29) is 11.5 Å². The Kier molecular flexibility index (Phi) is 3.95. The van der Waals surface area contributed by atoms with Gasteiger partial charge in [0.25, 0.3) is 5.56 Å². The Morgan fingerprint density at radius 3 is 2.75 bits per heavy atom. The van der Waals surface area contributed by atoms with E-state index in [1.807, 2.05) is 0 Å². The summed E-state index contributed by atoms with van der Waals surface area (Å²) < 4.78 is 2.10. The average Bonchev–Trinajstić information content (AvgIpc) is 2.97. The topological polar surface area (TPSA) is 108 Å². The number of hydrogen-bond acceptors (Lipinski definition) is 7. The minimum Gasteiger partial charge on any atom is -0.369 e. The van der Waals surface area contributed by atoms with Gasteiger partial charge in [-0.05, 0) is 6.07 Å². The molecule has 2 aromatic rings. The highest BCUT2D eigenvalue weighted by atomic mass is 16.1. The van der Waals surface area contributed by atoms with Gasteiger partial charge in [0, 0.05) is 51.9 Å². The summed E-state index contributed by atoms with van der Waals surface area (Å²) in [6.07, 6.45) is 0. The molecule has 0 saturated carbocycles. The van der Waals surface area contributed by atoms with E-state index in [1.165, 1.54) is 11.8 Å². The van der Waals surface area contributed by atoms with Crippen LogP contribution in [0.25, 0.3) is 0 Å². The Morgan fingerprint density at radius 1 is 1.17 bits per heavy atom.